The third-order valence-electron chi connectivity index (χ3n) is 5.29. The number of benzene rings is 2. The van der Waals surface area contributed by atoms with Crippen LogP contribution in [0, 0.1) is 6.92 Å². The van der Waals surface area contributed by atoms with Crippen molar-refractivity contribution in [1.29, 1.82) is 0 Å². The molecule has 0 aliphatic rings. The maximum absolute atomic E-state index is 13.3. The Morgan fingerprint density at radius 2 is 1.62 bits per heavy atom. The van der Waals surface area contributed by atoms with Crippen molar-refractivity contribution >= 4 is 23.4 Å². The average molecular weight is 415 g/mol. The van der Waals surface area contributed by atoms with Gasteiger partial charge in [-0.05, 0) is 49.4 Å². The number of hydrogen-bond donors (Lipinski definition) is 1. The number of halogens is 1. The predicted octanol–water partition coefficient (Wildman–Crippen LogP) is 4.91. The highest BCUT2D eigenvalue weighted by Crippen LogP contribution is 2.20. The van der Waals surface area contributed by atoms with Crippen molar-refractivity contribution < 1.29 is 9.59 Å². The highest BCUT2D eigenvalue weighted by Gasteiger charge is 2.29. The molecule has 2 atom stereocenters. The van der Waals surface area contributed by atoms with Crippen LogP contribution in [0.4, 0.5) is 0 Å². The van der Waals surface area contributed by atoms with Gasteiger partial charge in [0.25, 0.3) is 0 Å². The van der Waals surface area contributed by atoms with Crippen LogP contribution in [0.5, 0.6) is 0 Å². The topological polar surface area (TPSA) is 49.4 Å². The largest absolute Gasteiger partial charge is 0.352 e. The molecule has 0 unspecified atom stereocenters. The molecule has 0 fully saturated rings. The number of amides is 2. The molecular formula is C24H31ClN2O2. The molecule has 0 spiro atoms. The monoisotopic (exact) mass is 414 g/mol. The minimum Gasteiger partial charge on any atom is -0.352 e. The van der Waals surface area contributed by atoms with Crippen LogP contribution in [-0.4, -0.2) is 28.8 Å². The first-order valence-corrected chi connectivity index (χ1v) is 10.6. The standard InChI is InChI=1S/C24H31ClN2O2/c1-5-18(4)26-24(29)22(6-2)27(16-20-13-8-7-11-17(20)3)23(28)15-19-12-9-10-14-21(19)25/h7-14,18,22H,5-6,15-16H2,1-4H3,(H,26,29)/t18-,22+/m1/s1. The zero-order valence-corrected chi connectivity index (χ0v) is 18.5. The number of nitrogens with zero attached hydrogens (tertiary/aromatic N) is 1. The molecule has 29 heavy (non-hydrogen) atoms. The van der Waals surface area contributed by atoms with Crippen LogP contribution in [0.1, 0.15) is 50.3 Å². The molecule has 0 saturated heterocycles. The van der Waals surface area contributed by atoms with E-state index < -0.39 is 6.04 Å². The normalized spacial score (nSPS) is 12.9. The van der Waals surface area contributed by atoms with Gasteiger partial charge in [-0.3, -0.25) is 9.59 Å². The lowest BCUT2D eigenvalue weighted by atomic mass is 10.0. The number of carbonyl (C=O) groups is 2. The lowest BCUT2D eigenvalue weighted by Crippen LogP contribution is -2.51. The van der Waals surface area contributed by atoms with E-state index in [0.717, 1.165) is 23.1 Å². The smallest absolute Gasteiger partial charge is 0.243 e. The molecule has 0 aromatic heterocycles. The van der Waals surface area contributed by atoms with E-state index in [1.54, 1.807) is 11.0 Å². The van der Waals surface area contributed by atoms with Gasteiger partial charge >= 0.3 is 0 Å². The summed E-state index contributed by atoms with van der Waals surface area (Å²) in [5.74, 6) is -0.213. The van der Waals surface area contributed by atoms with Crippen molar-refractivity contribution in [3.05, 3.63) is 70.2 Å². The average Bonchev–Trinajstić information content (AvgIpc) is 2.70. The Morgan fingerprint density at radius 1 is 1.00 bits per heavy atom. The minimum absolute atomic E-state index is 0.0653. The second kappa shape index (κ2) is 11.0. The van der Waals surface area contributed by atoms with Crippen LogP contribution in [0.2, 0.25) is 5.02 Å². The molecule has 0 heterocycles. The molecule has 2 amide bonds. The Labute approximate surface area is 179 Å². The fourth-order valence-electron chi connectivity index (χ4n) is 3.24. The summed E-state index contributed by atoms with van der Waals surface area (Å²) in [5, 5.41) is 3.60. The molecule has 1 N–H and O–H groups in total. The summed E-state index contributed by atoms with van der Waals surface area (Å²) in [6.45, 7) is 8.35. The lowest BCUT2D eigenvalue weighted by molar-refractivity contribution is -0.141. The van der Waals surface area contributed by atoms with Crippen molar-refractivity contribution in [3.63, 3.8) is 0 Å². The summed E-state index contributed by atoms with van der Waals surface area (Å²) >= 11 is 6.27. The molecular weight excluding hydrogens is 384 g/mol. The lowest BCUT2D eigenvalue weighted by Gasteiger charge is -2.32. The molecule has 2 rings (SSSR count). The SMILES string of the molecule is CC[C@@H](C)NC(=O)[C@H](CC)N(Cc1ccccc1C)C(=O)Cc1ccccc1Cl. The van der Waals surface area contributed by atoms with Gasteiger partial charge in [-0.2, -0.15) is 0 Å². The molecule has 0 aliphatic carbocycles. The Hall–Kier alpha value is -2.33. The first-order valence-electron chi connectivity index (χ1n) is 10.2. The summed E-state index contributed by atoms with van der Waals surface area (Å²) in [5.41, 5.74) is 2.90. The Kier molecular flexibility index (Phi) is 8.71. The number of aryl methyl sites for hydroxylation is 1. The van der Waals surface area contributed by atoms with Gasteiger partial charge < -0.3 is 10.2 Å². The maximum Gasteiger partial charge on any atom is 0.243 e. The zero-order valence-electron chi connectivity index (χ0n) is 17.7. The summed E-state index contributed by atoms with van der Waals surface area (Å²) < 4.78 is 0. The highest BCUT2D eigenvalue weighted by atomic mass is 35.5. The van der Waals surface area contributed by atoms with E-state index in [-0.39, 0.29) is 24.3 Å². The van der Waals surface area contributed by atoms with E-state index in [1.165, 1.54) is 0 Å². The fourth-order valence-corrected chi connectivity index (χ4v) is 3.44. The summed E-state index contributed by atoms with van der Waals surface area (Å²) in [4.78, 5) is 28.0. The van der Waals surface area contributed by atoms with E-state index in [4.69, 9.17) is 11.6 Å². The molecule has 4 nitrogen and oxygen atoms in total. The fraction of sp³-hybridized carbons (Fsp3) is 0.417. The van der Waals surface area contributed by atoms with E-state index >= 15 is 0 Å². The summed E-state index contributed by atoms with van der Waals surface area (Å²) in [7, 11) is 0. The quantitative estimate of drug-likeness (QED) is 0.633. The molecule has 0 bridgehead atoms. The molecule has 0 saturated carbocycles. The first kappa shape index (κ1) is 23.0. The van der Waals surface area contributed by atoms with Gasteiger partial charge in [0, 0.05) is 17.6 Å². The molecule has 156 valence electrons. The van der Waals surface area contributed by atoms with Crippen molar-refractivity contribution in [1.82, 2.24) is 10.2 Å². The van der Waals surface area contributed by atoms with Gasteiger partial charge in [0.1, 0.15) is 6.04 Å². The van der Waals surface area contributed by atoms with Crippen molar-refractivity contribution in [3.8, 4) is 0 Å². The van der Waals surface area contributed by atoms with Gasteiger partial charge in [0.15, 0.2) is 0 Å². The van der Waals surface area contributed by atoms with E-state index in [2.05, 4.69) is 5.32 Å². The Balaban J connectivity index is 2.33. The molecule has 2 aromatic carbocycles. The van der Waals surface area contributed by atoms with E-state index in [1.807, 2.05) is 70.2 Å². The molecule has 0 radical (unpaired) electrons. The number of carbonyl (C=O) groups excluding carboxylic acids is 2. The van der Waals surface area contributed by atoms with Gasteiger partial charge in [0.2, 0.25) is 11.8 Å². The number of rotatable bonds is 9. The van der Waals surface area contributed by atoms with Gasteiger partial charge in [-0.1, -0.05) is 67.9 Å². The maximum atomic E-state index is 13.3. The number of hydrogen-bond acceptors (Lipinski definition) is 2. The van der Waals surface area contributed by atoms with E-state index in [0.29, 0.717) is 18.0 Å². The number of nitrogens with one attached hydrogen (secondary N) is 1. The predicted molar refractivity (Wildman–Crippen MR) is 119 cm³/mol. The van der Waals surface area contributed by atoms with Crippen LogP contribution in [0.15, 0.2) is 48.5 Å². The molecule has 5 heteroatoms. The summed E-state index contributed by atoms with van der Waals surface area (Å²) in [6, 6.07) is 14.8. The van der Waals surface area contributed by atoms with Gasteiger partial charge in [0.05, 0.1) is 6.42 Å². The van der Waals surface area contributed by atoms with Crippen LogP contribution < -0.4 is 5.32 Å². The van der Waals surface area contributed by atoms with Crippen LogP contribution in [-0.2, 0) is 22.6 Å². The Morgan fingerprint density at radius 3 is 2.21 bits per heavy atom. The first-order chi connectivity index (χ1) is 13.9. The molecule has 0 aliphatic heterocycles. The van der Waals surface area contributed by atoms with Crippen LogP contribution in [0.3, 0.4) is 0 Å². The van der Waals surface area contributed by atoms with Crippen molar-refractivity contribution in [2.24, 2.45) is 0 Å². The Bertz CT molecular complexity index is 837. The second-order valence-corrected chi connectivity index (χ2v) is 7.87. The summed E-state index contributed by atoms with van der Waals surface area (Å²) in [6.07, 6.45) is 1.55. The second-order valence-electron chi connectivity index (χ2n) is 7.46. The van der Waals surface area contributed by atoms with Crippen molar-refractivity contribution in [2.75, 3.05) is 0 Å². The zero-order chi connectivity index (χ0) is 21.4. The van der Waals surface area contributed by atoms with Gasteiger partial charge in [-0.15, -0.1) is 0 Å². The van der Waals surface area contributed by atoms with Crippen molar-refractivity contribution in [2.45, 2.75) is 65.6 Å². The minimum atomic E-state index is -0.529. The third-order valence-corrected chi connectivity index (χ3v) is 5.66. The molecule has 2 aromatic rings. The van der Waals surface area contributed by atoms with Gasteiger partial charge in [-0.25, -0.2) is 0 Å². The van der Waals surface area contributed by atoms with Crippen LogP contribution in [0.25, 0.3) is 0 Å². The van der Waals surface area contributed by atoms with Crippen LogP contribution >= 0.6 is 11.6 Å². The highest BCUT2D eigenvalue weighted by molar-refractivity contribution is 6.31. The third kappa shape index (κ3) is 6.33. The van der Waals surface area contributed by atoms with E-state index in [9.17, 15) is 9.59 Å².